The van der Waals surface area contributed by atoms with Crippen LogP contribution >= 0.6 is 11.3 Å². The first-order valence-electron chi connectivity index (χ1n) is 11.3. The molecule has 1 saturated heterocycles. The minimum Gasteiger partial charge on any atom is -0.508 e. The number of amides is 2. The number of phenolic OH excluding ortho intramolecular Hbond substituents is 2. The smallest absolute Gasteiger partial charge is 0.408 e. The Labute approximate surface area is 213 Å². The van der Waals surface area contributed by atoms with Crippen molar-refractivity contribution in [1.29, 1.82) is 0 Å². The van der Waals surface area contributed by atoms with Gasteiger partial charge in [-0.15, -0.1) is 11.3 Å². The van der Waals surface area contributed by atoms with E-state index in [4.69, 9.17) is 4.74 Å². The number of halogens is 3. The van der Waals surface area contributed by atoms with Gasteiger partial charge in [0.15, 0.2) is 5.75 Å². The van der Waals surface area contributed by atoms with Gasteiger partial charge in [-0.1, -0.05) is 24.3 Å². The fraction of sp³-hybridized carbons (Fsp3) is 0.148. The summed E-state index contributed by atoms with van der Waals surface area (Å²) in [4.78, 5) is 12.4. The molecule has 0 bridgehead atoms. The Hall–Kier alpha value is -4.18. The average molecular weight is 527 g/mol. The van der Waals surface area contributed by atoms with E-state index in [2.05, 4.69) is 5.32 Å². The number of carbonyl (C=O) groups is 1. The highest BCUT2D eigenvalue weighted by molar-refractivity contribution is 7.22. The van der Waals surface area contributed by atoms with Crippen LogP contribution in [-0.4, -0.2) is 34.5 Å². The maximum atomic E-state index is 13.0. The number of thiophene rings is 1. The first kappa shape index (κ1) is 24.5. The quantitative estimate of drug-likeness (QED) is 0.231. The molecule has 2 amide bonds. The van der Waals surface area contributed by atoms with Crippen molar-refractivity contribution in [3.05, 3.63) is 78.4 Å². The maximum Gasteiger partial charge on any atom is 0.408 e. The predicted octanol–water partition coefficient (Wildman–Crippen LogP) is 6.79. The zero-order valence-corrected chi connectivity index (χ0v) is 19.9. The summed E-state index contributed by atoms with van der Waals surface area (Å²) in [6, 6.07) is 15.3. The molecule has 1 fully saturated rings. The molecule has 0 aliphatic carbocycles. The first-order valence-corrected chi connectivity index (χ1v) is 12.1. The lowest BCUT2D eigenvalue weighted by Crippen LogP contribution is -2.58. The van der Waals surface area contributed by atoms with Crippen LogP contribution in [0.1, 0.15) is 12.0 Å². The van der Waals surface area contributed by atoms with Gasteiger partial charge in [0, 0.05) is 16.5 Å². The van der Waals surface area contributed by atoms with Crippen LogP contribution < -0.4 is 15.4 Å². The van der Waals surface area contributed by atoms with Gasteiger partial charge in [-0.05, 0) is 65.7 Å². The number of phenols is 2. The fourth-order valence-corrected chi connectivity index (χ4v) is 5.21. The molecule has 6 nitrogen and oxygen atoms in total. The second-order valence-corrected chi connectivity index (χ2v) is 9.62. The van der Waals surface area contributed by atoms with Crippen LogP contribution in [0.3, 0.4) is 0 Å². The summed E-state index contributed by atoms with van der Waals surface area (Å²) in [6.45, 7) is 0. The van der Waals surface area contributed by atoms with Crippen LogP contribution in [0.4, 0.5) is 18.0 Å². The van der Waals surface area contributed by atoms with Crippen LogP contribution in [0.15, 0.2) is 72.8 Å². The van der Waals surface area contributed by atoms with Crippen molar-refractivity contribution < 1.29 is 32.9 Å². The molecule has 0 radical (unpaired) electrons. The van der Waals surface area contributed by atoms with Crippen LogP contribution in [-0.2, 0) is 0 Å². The number of fused-ring (bicyclic) bond motifs is 1. The Morgan fingerprint density at radius 3 is 2.35 bits per heavy atom. The third-order valence-electron chi connectivity index (χ3n) is 5.89. The Bertz CT molecular complexity index is 1460. The number of carbonyl (C=O) groups excluding carboxylic acids is 1. The number of benzene rings is 3. The van der Waals surface area contributed by atoms with E-state index >= 15 is 0 Å². The van der Waals surface area contributed by atoms with E-state index in [0.717, 1.165) is 26.1 Å². The summed E-state index contributed by atoms with van der Waals surface area (Å²) in [5, 5.41) is 24.8. The van der Waals surface area contributed by atoms with E-state index < -0.39 is 24.3 Å². The molecule has 3 aromatic carbocycles. The van der Waals surface area contributed by atoms with Crippen molar-refractivity contribution in [2.75, 3.05) is 0 Å². The van der Waals surface area contributed by atoms with Crippen LogP contribution in [0.25, 0.3) is 26.6 Å². The molecule has 4 N–H and O–H groups in total. The molecule has 1 aliphatic heterocycles. The van der Waals surface area contributed by atoms with Gasteiger partial charge >= 0.3 is 12.2 Å². The van der Waals surface area contributed by atoms with E-state index in [0.29, 0.717) is 11.5 Å². The molecule has 0 spiro atoms. The highest BCUT2D eigenvalue weighted by Gasteiger charge is 2.44. The number of urea groups is 1. The summed E-state index contributed by atoms with van der Waals surface area (Å²) in [6.07, 6.45) is -1.62. The Morgan fingerprint density at radius 2 is 1.65 bits per heavy atom. The maximum absolute atomic E-state index is 13.0. The highest BCUT2D eigenvalue weighted by atomic mass is 32.1. The Morgan fingerprint density at radius 1 is 0.946 bits per heavy atom. The van der Waals surface area contributed by atoms with E-state index in [9.17, 15) is 28.2 Å². The molecular formula is C27H21F3N2O4S. The van der Waals surface area contributed by atoms with Crippen molar-refractivity contribution >= 4 is 33.5 Å². The molecule has 5 rings (SSSR count). The third kappa shape index (κ3) is 5.49. The fourth-order valence-electron chi connectivity index (χ4n) is 4.04. The van der Waals surface area contributed by atoms with Gasteiger partial charge in [-0.25, -0.2) is 4.79 Å². The second-order valence-electron chi connectivity index (χ2n) is 8.57. The molecule has 4 aromatic rings. The minimum absolute atomic E-state index is 0.139. The lowest BCUT2D eigenvalue weighted by molar-refractivity contribution is -0.157. The molecule has 37 heavy (non-hydrogen) atoms. The lowest BCUT2D eigenvalue weighted by atomic mass is 10.0. The van der Waals surface area contributed by atoms with Gasteiger partial charge < -0.3 is 25.6 Å². The Balaban J connectivity index is 1.37. The number of aromatic hydroxyl groups is 2. The van der Waals surface area contributed by atoms with Crippen molar-refractivity contribution in [3.63, 3.8) is 0 Å². The highest BCUT2D eigenvalue weighted by Crippen LogP contribution is 2.47. The molecular weight excluding hydrogens is 505 g/mol. The van der Waals surface area contributed by atoms with Gasteiger partial charge in [0.25, 0.3) is 0 Å². The predicted molar refractivity (Wildman–Crippen MR) is 136 cm³/mol. The first-order chi connectivity index (χ1) is 17.7. The monoisotopic (exact) mass is 526 g/mol. The van der Waals surface area contributed by atoms with Gasteiger partial charge in [-0.3, -0.25) is 0 Å². The number of ether oxygens (including phenoxy) is 1. The molecule has 1 aromatic heterocycles. The summed E-state index contributed by atoms with van der Waals surface area (Å²) in [5.74, 6) is 1.42. The number of rotatable bonds is 5. The molecule has 2 heterocycles. The second kappa shape index (κ2) is 9.70. The van der Waals surface area contributed by atoms with Crippen LogP contribution in [0.2, 0.25) is 0 Å². The topological polar surface area (TPSA) is 90.8 Å². The molecule has 0 saturated carbocycles. The minimum atomic E-state index is -4.51. The molecule has 1 aliphatic rings. The summed E-state index contributed by atoms with van der Waals surface area (Å²) in [7, 11) is 0. The largest absolute Gasteiger partial charge is 0.508 e. The van der Waals surface area contributed by atoms with Crippen LogP contribution in [0.5, 0.6) is 23.0 Å². The number of alkyl halides is 3. The van der Waals surface area contributed by atoms with E-state index in [1.807, 2.05) is 5.32 Å². The summed E-state index contributed by atoms with van der Waals surface area (Å²) < 4.78 is 46.1. The van der Waals surface area contributed by atoms with E-state index in [1.54, 1.807) is 72.8 Å². The number of hydrogen-bond donors (Lipinski definition) is 4. The number of hydrogen-bond acceptors (Lipinski definition) is 5. The van der Waals surface area contributed by atoms with Crippen molar-refractivity contribution in [1.82, 2.24) is 10.6 Å². The van der Waals surface area contributed by atoms with Crippen LogP contribution in [0, 0.1) is 0 Å². The van der Waals surface area contributed by atoms with Crippen molar-refractivity contribution in [2.45, 2.75) is 24.7 Å². The molecule has 2 atom stereocenters. The number of nitrogens with one attached hydrogen (secondary N) is 2. The SMILES string of the molecule is O=C1NC(/C=C/c2ccc(Oc3c(-c4ccc(O)cc4)sc4cc(O)ccc34)cc2)CC(C(F)(F)F)N1. The summed E-state index contributed by atoms with van der Waals surface area (Å²) in [5.41, 5.74) is 1.57. The third-order valence-corrected chi connectivity index (χ3v) is 7.07. The summed E-state index contributed by atoms with van der Waals surface area (Å²) >= 11 is 1.45. The van der Waals surface area contributed by atoms with Crippen molar-refractivity contribution in [3.8, 4) is 33.4 Å². The lowest BCUT2D eigenvalue weighted by Gasteiger charge is -2.30. The molecule has 2 unspecified atom stereocenters. The van der Waals surface area contributed by atoms with E-state index in [-0.39, 0.29) is 17.9 Å². The van der Waals surface area contributed by atoms with Gasteiger partial charge in [0.1, 0.15) is 23.3 Å². The molecule has 190 valence electrons. The zero-order valence-electron chi connectivity index (χ0n) is 19.1. The zero-order chi connectivity index (χ0) is 26.2. The normalized spacial score (nSPS) is 18.1. The van der Waals surface area contributed by atoms with E-state index in [1.165, 1.54) is 17.4 Å². The van der Waals surface area contributed by atoms with Gasteiger partial charge in [-0.2, -0.15) is 13.2 Å². The van der Waals surface area contributed by atoms with Gasteiger partial charge in [0.05, 0.1) is 10.9 Å². The average Bonchev–Trinajstić information content (AvgIpc) is 3.20. The standard InChI is InChI=1S/C27H21F3N2O4S/c28-27(29,30)23-13-17(31-26(35)32-23)6-1-15-2-10-20(11-3-15)36-24-21-12-9-19(34)14-22(21)37-25(24)16-4-7-18(33)8-5-16/h1-12,14,17,23,33-34H,13H2,(H2,31,32,35)/b6-1+. The van der Waals surface area contributed by atoms with Crippen molar-refractivity contribution in [2.24, 2.45) is 0 Å². The van der Waals surface area contributed by atoms with Gasteiger partial charge in [0.2, 0.25) is 0 Å². The molecule has 10 heteroatoms. The Kier molecular flexibility index (Phi) is 6.43.